The summed E-state index contributed by atoms with van der Waals surface area (Å²) in [5.74, 6) is -4.20. The molecule has 0 aromatic carbocycles. The summed E-state index contributed by atoms with van der Waals surface area (Å²) in [5.41, 5.74) is -0.590. The van der Waals surface area contributed by atoms with E-state index in [0.717, 1.165) is 23.4 Å². The Morgan fingerprint density at radius 3 is 2.37 bits per heavy atom. The van der Waals surface area contributed by atoms with Crippen molar-refractivity contribution in [3.05, 3.63) is 22.2 Å². The summed E-state index contributed by atoms with van der Waals surface area (Å²) in [6.45, 7) is 2.29. The summed E-state index contributed by atoms with van der Waals surface area (Å²) in [6, 6.07) is -0.882. The number of nitrogens with one attached hydrogen (secondary N) is 1. The molecule has 0 saturated carbocycles. The van der Waals surface area contributed by atoms with Crippen LogP contribution in [-0.4, -0.2) is 51.2 Å². The molecular formula is C13H14N2Na2O8S2. The van der Waals surface area contributed by atoms with Crippen LogP contribution >= 0.6 is 0 Å². The van der Waals surface area contributed by atoms with Crippen molar-refractivity contribution in [2.45, 2.75) is 31.6 Å². The van der Waals surface area contributed by atoms with Crippen LogP contribution in [0.1, 0.15) is 20.3 Å². The first-order valence-corrected chi connectivity index (χ1v) is 9.71. The Kier molecular flexibility index (Phi) is 10.1. The molecule has 0 aliphatic carbocycles. The summed E-state index contributed by atoms with van der Waals surface area (Å²) in [4.78, 5) is 34.9. The van der Waals surface area contributed by atoms with Gasteiger partial charge >= 0.3 is 59.1 Å². The normalized spacial score (nSPS) is 23.7. The maximum atomic E-state index is 12.2. The maximum Gasteiger partial charge on any atom is 1.00 e. The Hall–Kier alpha value is -0.0500. The van der Waals surface area contributed by atoms with E-state index in [1.54, 1.807) is 0 Å². The molecule has 1 N–H and O–H groups in total. The van der Waals surface area contributed by atoms with Crippen molar-refractivity contribution >= 4 is 38.7 Å². The van der Waals surface area contributed by atoms with Gasteiger partial charge in [0.1, 0.15) is 0 Å². The van der Waals surface area contributed by atoms with Crippen LogP contribution in [0.25, 0.3) is 0 Å². The topological polar surface area (TPSA) is 164 Å². The quantitative estimate of drug-likeness (QED) is 0.244. The van der Waals surface area contributed by atoms with E-state index in [2.05, 4.69) is 5.32 Å². The van der Waals surface area contributed by atoms with Crippen molar-refractivity contribution in [3.63, 3.8) is 0 Å². The van der Waals surface area contributed by atoms with Crippen molar-refractivity contribution in [1.29, 1.82) is 0 Å². The fourth-order valence-electron chi connectivity index (χ4n) is 2.86. The first kappa shape index (κ1) is 27.0. The van der Waals surface area contributed by atoms with E-state index < -0.39 is 61.6 Å². The summed E-state index contributed by atoms with van der Waals surface area (Å²) in [5, 5.41) is 13.1. The second-order valence-corrected chi connectivity index (χ2v) is 8.65. The number of β-lactam (4-membered cyclic amide) rings is 1. The molecule has 1 fully saturated rings. The van der Waals surface area contributed by atoms with E-state index in [1.165, 1.54) is 6.92 Å². The van der Waals surface area contributed by atoms with Gasteiger partial charge in [0.2, 0.25) is 11.8 Å². The molecule has 0 aromatic heterocycles. The molecule has 2 aliphatic rings. The minimum absolute atomic E-state index is 0. The minimum Gasteiger partial charge on any atom is -0.748 e. The number of carbonyl (C=O) groups excluding carboxylic acids is 3. The third-order valence-corrected chi connectivity index (χ3v) is 6.48. The van der Waals surface area contributed by atoms with Gasteiger partial charge in [0.05, 0.1) is 49.8 Å². The van der Waals surface area contributed by atoms with E-state index in [0.29, 0.717) is 0 Å². The largest absolute Gasteiger partial charge is 1.00 e. The van der Waals surface area contributed by atoms with Gasteiger partial charge in [-0.25, -0.2) is 12.6 Å². The molecule has 0 spiro atoms. The number of rotatable bonds is 6. The predicted octanol–water partition coefficient (Wildman–Crippen LogP) is -8.52. The summed E-state index contributed by atoms with van der Waals surface area (Å²) in [7, 11) is -6.74. The van der Waals surface area contributed by atoms with Crippen LogP contribution in [0.4, 0.5) is 0 Å². The van der Waals surface area contributed by atoms with Crippen LogP contribution in [0.2, 0.25) is 0 Å². The number of carboxylic acid groups (broad SMARTS) is 1. The summed E-state index contributed by atoms with van der Waals surface area (Å²) in [6.07, 6.45) is 0.897. The smallest absolute Gasteiger partial charge is 0.748 e. The summed E-state index contributed by atoms with van der Waals surface area (Å²) >= 11 is 0. The molecule has 10 nitrogen and oxygen atoms in total. The molecule has 0 aromatic rings. The van der Waals surface area contributed by atoms with E-state index >= 15 is 0 Å². The molecule has 2 heterocycles. The SMILES string of the molecule is CC(=O)N/C=C/S(=O)C1=C(C(=O)[O-])N2C(=O)[C@@H]([C@H](C)S(=O)(=O)[O-])[C@H]2C1.[Na+].[Na+]. The molecule has 2 aliphatic heterocycles. The van der Waals surface area contributed by atoms with Crippen LogP contribution in [0.15, 0.2) is 22.2 Å². The van der Waals surface area contributed by atoms with Gasteiger partial charge < -0.3 is 24.7 Å². The number of fused-ring (bicyclic) bond motifs is 1. The fourth-order valence-corrected chi connectivity index (χ4v) is 4.58. The Morgan fingerprint density at radius 1 is 1.37 bits per heavy atom. The van der Waals surface area contributed by atoms with Gasteiger partial charge in [0, 0.05) is 29.9 Å². The predicted molar refractivity (Wildman–Crippen MR) is 81.0 cm³/mol. The number of carbonyl (C=O) groups is 3. The fraction of sp³-hybridized carbons (Fsp3) is 0.462. The Bertz CT molecular complexity index is 839. The second-order valence-electron chi connectivity index (χ2n) is 5.56. The number of carboxylic acids is 1. The van der Waals surface area contributed by atoms with Crippen molar-refractivity contribution in [1.82, 2.24) is 10.2 Å². The summed E-state index contributed by atoms with van der Waals surface area (Å²) < 4.78 is 45.7. The zero-order valence-corrected chi connectivity index (χ0v) is 20.8. The van der Waals surface area contributed by atoms with Crippen LogP contribution in [0.5, 0.6) is 0 Å². The Balaban J connectivity index is 0.00000338. The van der Waals surface area contributed by atoms with E-state index in [-0.39, 0.29) is 70.4 Å². The average molecular weight is 436 g/mol. The van der Waals surface area contributed by atoms with E-state index in [9.17, 15) is 36.7 Å². The number of nitrogens with zero attached hydrogens (tertiary/aromatic N) is 1. The molecule has 4 atom stereocenters. The zero-order chi connectivity index (χ0) is 19.1. The zero-order valence-electron chi connectivity index (χ0n) is 15.1. The number of aliphatic carboxylic acids is 1. The molecule has 1 saturated heterocycles. The van der Waals surface area contributed by atoms with Crippen molar-refractivity contribution < 1.29 is 95.8 Å². The molecule has 0 bridgehead atoms. The van der Waals surface area contributed by atoms with Crippen molar-refractivity contribution in [2.24, 2.45) is 5.92 Å². The average Bonchev–Trinajstić information content (AvgIpc) is 2.81. The van der Waals surface area contributed by atoms with Gasteiger partial charge in [-0.2, -0.15) is 0 Å². The van der Waals surface area contributed by atoms with Gasteiger partial charge in [-0.3, -0.25) is 9.59 Å². The molecular weight excluding hydrogens is 422 g/mol. The Labute approximate surface area is 202 Å². The minimum atomic E-state index is -4.75. The molecule has 138 valence electrons. The first-order valence-electron chi connectivity index (χ1n) is 7.03. The van der Waals surface area contributed by atoms with Crippen LogP contribution in [0.3, 0.4) is 0 Å². The Morgan fingerprint density at radius 2 is 1.93 bits per heavy atom. The first-order chi connectivity index (χ1) is 11.5. The molecule has 2 rings (SSSR count). The molecule has 14 heteroatoms. The molecule has 2 amide bonds. The molecule has 27 heavy (non-hydrogen) atoms. The van der Waals surface area contributed by atoms with Gasteiger partial charge in [-0.1, -0.05) is 0 Å². The molecule has 1 unspecified atom stereocenters. The van der Waals surface area contributed by atoms with Crippen LogP contribution in [0, 0.1) is 5.92 Å². The van der Waals surface area contributed by atoms with Crippen molar-refractivity contribution in [3.8, 4) is 0 Å². The van der Waals surface area contributed by atoms with E-state index in [4.69, 9.17) is 0 Å². The van der Waals surface area contributed by atoms with Crippen LogP contribution < -0.4 is 69.5 Å². The second kappa shape index (κ2) is 10.1. The standard InChI is InChI=1S/C13H16N2O8S2.2Na/c1-6(25(21,22)23)10-8-5-9(24(20)4-3-14-7(2)16)11(13(18)19)15(8)12(10)17;;/h3-4,6,8,10H,5H2,1-2H3,(H,14,16)(H,18,19)(H,21,22,23);;/q;2*+1/p-2/b4-3+;;/t6-,8+,10-,24?;;/m0../s1. The van der Waals surface area contributed by atoms with Gasteiger partial charge in [0.15, 0.2) is 0 Å². The van der Waals surface area contributed by atoms with Gasteiger partial charge in [-0.05, 0) is 6.92 Å². The molecule has 0 radical (unpaired) electrons. The van der Waals surface area contributed by atoms with Crippen LogP contribution in [-0.2, 0) is 35.3 Å². The van der Waals surface area contributed by atoms with Gasteiger partial charge in [0.25, 0.3) is 0 Å². The van der Waals surface area contributed by atoms with E-state index in [1.807, 2.05) is 0 Å². The maximum absolute atomic E-state index is 12.2. The van der Waals surface area contributed by atoms with Gasteiger partial charge in [-0.15, -0.1) is 0 Å². The number of hydrogen-bond acceptors (Lipinski definition) is 8. The number of amides is 2. The third kappa shape index (κ3) is 5.52. The monoisotopic (exact) mass is 436 g/mol. The third-order valence-electron chi connectivity index (χ3n) is 4.04. The van der Waals surface area contributed by atoms with Crippen molar-refractivity contribution in [2.75, 3.05) is 0 Å². The number of hydrogen-bond donors (Lipinski definition) is 1.